The monoisotopic (exact) mass is 347 g/mol. The Morgan fingerprint density at radius 2 is 1.88 bits per heavy atom. The topological polar surface area (TPSA) is 61.9 Å². The summed E-state index contributed by atoms with van der Waals surface area (Å²) < 4.78 is 5.43. The SMILES string of the molecule is CC(=O)NC(C(=O)N(C)Cc1ccccc1N1CCOCC1)C(C)C. The standard InChI is InChI=1S/C19H29N3O3/c1-14(2)18(20-15(3)23)19(24)21(4)13-16-7-5-6-8-17(16)22-9-11-25-12-10-22/h5-8,14,18H,9-13H2,1-4H3,(H,20,23). The van der Waals surface area contributed by atoms with E-state index in [1.54, 1.807) is 11.9 Å². The van der Waals surface area contributed by atoms with E-state index in [0.29, 0.717) is 6.54 Å². The van der Waals surface area contributed by atoms with Gasteiger partial charge in [0.25, 0.3) is 0 Å². The molecule has 0 aliphatic carbocycles. The Labute approximate surface area is 150 Å². The van der Waals surface area contributed by atoms with Crippen molar-refractivity contribution < 1.29 is 14.3 Å². The highest BCUT2D eigenvalue weighted by atomic mass is 16.5. The first-order valence-electron chi connectivity index (χ1n) is 8.82. The van der Waals surface area contributed by atoms with Crippen molar-refractivity contribution in [2.75, 3.05) is 38.3 Å². The van der Waals surface area contributed by atoms with Gasteiger partial charge in [-0.3, -0.25) is 9.59 Å². The molecule has 25 heavy (non-hydrogen) atoms. The van der Waals surface area contributed by atoms with Gasteiger partial charge in [0.05, 0.1) is 13.2 Å². The molecule has 0 bridgehead atoms. The molecule has 1 unspecified atom stereocenters. The van der Waals surface area contributed by atoms with E-state index in [-0.39, 0.29) is 17.7 Å². The van der Waals surface area contributed by atoms with Gasteiger partial charge in [0.15, 0.2) is 0 Å². The summed E-state index contributed by atoms with van der Waals surface area (Å²) in [6.07, 6.45) is 0. The van der Waals surface area contributed by atoms with Crippen LogP contribution in [0.1, 0.15) is 26.3 Å². The summed E-state index contributed by atoms with van der Waals surface area (Å²) in [5, 5.41) is 2.77. The van der Waals surface area contributed by atoms with Gasteiger partial charge in [-0.15, -0.1) is 0 Å². The molecule has 1 heterocycles. The molecule has 2 rings (SSSR count). The van der Waals surface area contributed by atoms with Gasteiger partial charge in [-0.2, -0.15) is 0 Å². The smallest absolute Gasteiger partial charge is 0.245 e. The number of hydrogen-bond acceptors (Lipinski definition) is 4. The van der Waals surface area contributed by atoms with Crippen molar-refractivity contribution in [1.82, 2.24) is 10.2 Å². The van der Waals surface area contributed by atoms with Crippen LogP contribution in [0.25, 0.3) is 0 Å². The summed E-state index contributed by atoms with van der Waals surface area (Å²) in [4.78, 5) is 28.2. The fourth-order valence-corrected chi connectivity index (χ4v) is 3.06. The first kappa shape index (κ1) is 19.2. The van der Waals surface area contributed by atoms with E-state index in [1.807, 2.05) is 26.0 Å². The molecule has 1 saturated heterocycles. The van der Waals surface area contributed by atoms with Gasteiger partial charge >= 0.3 is 0 Å². The molecule has 1 aliphatic rings. The Hall–Kier alpha value is -2.08. The normalized spacial score (nSPS) is 15.8. The number of carbonyl (C=O) groups excluding carboxylic acids is 2. The zero-order valence-electron chi connectivity index (χ0n) is 15.6. The van der Waals surface area contributed by atoms with Gasteiger partial charge in [0.1, 0.15) is 6.04 Å². The third-order valence-electron chi connectivity index (χ3n) is 4.42. The largest absolute Gasteiger partial charge is 0.378 e. The minimum absolute atomic E-state index is 0.0355. The van der Waals surface area contributed by atoms with Crippen LogP contribution in [0.2, 0.25) is 0 Å². The van der Waals surface area contributed by atoms with Gasteiger partial charge in [-0.25, -0.2) is 0 Å². The molecule has 6 nitrogen and oxygen atoms in total. The second-order valence-electron chi connectivity index (χ2n) is 6.84. The molecule has 1 N–H and O–H groups in total. The van der Waals surface area contributed by atoms with E-state index < -0.39 is 6.04 Å². The Morgan fingerprint density at radius 1 is 1.24 bits per heavy atom. The summed E-state index contributed by atoms with van der Waals surface area (Å²) >= 11 is 0. The van der Waals surface area contributed by atoms with Crippen LogP contribution in [0.5, 0.6) is 0 Å². The second kappa shape index (κ2) is 8.85. The van der Waals surface area contributed by atoms with E-state index in [1.165, 1.54) is 6.92 Å². The van der Waals surface area contributed by atoms with Crippen LogP contribution >= 0.6 is 0 Å². The van der Waals surface area contributed by atoms with E-state index in [2.05, 4.69) is 22.3 Å². The molecule has 1 aromatic rings. The van der Waals surface area contributed by atoms with E-state index >= 15 is 0 Å². The first-order chi connectivity index (χ1) is 11.9. The molecule has 1 atom stereocenters. The number of morpholine rings is 1. The van der Waals surface area contributed by atoms with Gasteiger partial charge in [-0.05, 0) is 17.5 Å². The Kier molecular flexibility index (Phi) is 6.82. The number of para-hydroxylation sites is 1. The van der Waals surface area contributed by atoms with Gasteiger partial charge in [0, 0.05) is 39.3 Å². The van der Waals surface area contributed by atoms with Crippen LogP contribution in [-0.2, 0) is 20.9 Å². The molecule has 0 aromatic heterocycles. The quantitative estimate of drug-likeness (QED) is 0.850. The average Bonchev–Trinajstić information content (AvgIpc) is 2.60. The van der Waals surface area contributed by atoms with Crippen molar-refractivity contribution in [2.24, 2.45) is 5.92 Å². The lowest BCUT2D eigenvalue weighted by molar-refractivity contribution is -0.136. The van der Waals surface area contributed by atoms with Gasteiger partial charge < -0.3 is 19.9 Å². The predicted octanol–water partition coefficient (Wildman–Crippen LogP) is 1.64. The zero-order valence-corrected chi connectivity index (χ0v) is 15.6. The molecular weight excluding hydrogens is 318 g/mol. The number of benzene rings is 1. The minimum atomic E-state index is -0.502. The summed E-state index contributed by atoms with van der Waals surface area (Å²) in [5.41, 5.74) is 2.25. The Morgan fingerprint density at radius 3 is 2.48 bits per heavy atom. The lowest BCUT2D eigenvalue weighted by atomic mass is 10.0. The molecule has 1 fully saturated rings. The van der Waals surface area contributed by atoms with Crippen LogP contribution < -0.4 is 10.2 Å². The van der Waals surface area contributed by atoms with E-state index in [0.717, 1.165) is 37.6 Å². The summed E-state index contributed by atoms with van der Waals surface area (Å²) in [7, 11) is 1.79. The maximum atomic E-state index is 12.8. The highest BCUT2D eigenvalue weighted by Gasteiger charge is 2.26. The van der Waals surface area contributed by atoms with Crippen molar-refractivity contribution >= 4 is 17.5 Å². The predicted molar refractivity (Wildman–Crippen MR) is 98.4 cm³/mol. The number of amides is 2. The zero-order chi connectivity index (χ0) is 18.4. The highest BCUT2D eigenvalue weighted by Crippen LogP contribution is 2.23. The van der Waals surface area contributed by atoms with Crippen molar-refractivity contribution in [2.45, 2.75) is 33.4 Å². The third kappa shape index (κ3) is 5.19. The highest BCUT2D eigenvalue weighted by molar-refractivity contribution is 5.87. The van der Waals surface area contributed by atoms with Crippen LogP contribution in [0.15, 0.2) is 24.3 Å². The molecule has 138 valence electrons. The van der Waals surface area contributed by atoms with Crippen LogP contribution in [-0.4, -0.2) is 56.1 Å². The first-order valence-corrected chi connectivity index (χ1v) is 8.82. The Balaban J connectivity index is 2.12. The number of carbonyl (C=O) groups is 2. The second-order valence-corrected chi connectivity index (χ2v) is 6.84. The van der Waals surface area contributed by atoms with E-state index in [4.69, 9.17) is 4.74 Å². The molecule has 1 aromatic carbocycles. The average molecular weight is 347 g/mol. The fourth-order valence-electron chi connectivity index (χ4n) is 3.06. The number of anilines is 1. The maximum Gasteiger partial charge on any atom is 0.245 e. The molecule has 6 heteroatoms. The molecular formula is C19H29N3O3. The Bertz CT molecular complexity index is 597. The lowest BCUT2D eigenvalue weighted by Gasteiger charge is -2.32. The maximum absolute atomic E-state index is 12.8. The number of rotatable bonds is 6. The molecule has 2 amide bonds. The minimum Gasteiger partial charge on any atom is -0.378 e. The van der Waals surface area contributed by atoms with E-state index in [9.17, 15) is 9.59 Å². The molecule has 0 spiro atoms. The summed E-state index contributed by atoms with van der Waals surface area (Å²) in [6.45, 7) is 8.99. The number of likely N-dealkylation sites (N-methyl/N-ethyl adjacent to an activating group) is 1. The molecule has 0 radical (unpaired) electrons. The number of nitrogens with zero attached hydrogens (tertiary/aromatic N) is 2. The third-order valence-corrected chi connectivity index (χ3v) is 4.42. The lowest BCUT2D eigenvalue weighted by Crippen LogP contribution is -2.49. The van der Waals surface area contributed by atoms with Crippen LogP contribution in [0.3, 0.4) is 0 Å². The van der Waals surface area contributed by atoms with Crippen LogP contribution in [0, 0.1) is 5.92 Å². The van der Waals surface area contributed by atoms with Crippen molar-refractivity contribution in [1.29, 1.82) is 0 Å². The number of ether oxygens (including phenoxy) is 1. The van der Waals surface area contributed by atoms with Crippen molar-refractivity contribution in [3.8, 4) is 0 Å². The fraction of sp³-hybridized carbons (Fsp3) is 0.579. The van der Waals surface area contributed by atoms with Gasteiger partial charge in [-0.1, -0.05) is 32.0 Å². The van der Waals surface area contributed by atoms with Crippen molar-refractivity contribution in [3.05, 3.63) is 29.8 Å². The number of nitrogens with one attached hydrogen (secondary N) is 1. The number of hydrogen-bond donors (Lipinski definition) is 1. The summed E-state index contributed by atoms with van der Waals surface area (Å²) in [6, 6.07) is 7.65. The van der Waals surface area contributed by atoms with Crippen molar-refractivity contribution in [3.63, 3.8) is 0 Å². The molecule has 0 saturated carbocycles. The summed E-state index contributed by atoms with van der Waals surface area (Å²) in [5.74, 6) is -0.218. The molecule has 1 aliphatic heterocycles. The van der Waals surface area contributed by atoms with Crippen LogP contribution in [0.4, 0.5) is 5.69 Å². The van der Waals surface area contributed by atoms with Gasteiger partial charge in [0.2, 0.25) is 11.8 Å².